The summed E-state index contributed by atoms with van der Waals surface area (Å²) in [5, 5.41) is 7.18. The van der Waals surface area contributed by atoms with Crippen molar-refractivity contribution >= 4 is 34.4 Å². The monoisotopic (exact) mass is 488 g/mol. The third-order valence-corrected chi connectivity index (χ3v) is 7.68. The Morgan fingerprint density at radius 3 is 2.52 bits per heavy atom. The van der Waals surface area contributed by atoms with E-state index in [9.17, 15) is 4.55 Å². The Labute approximate surface area is 205 Å². The van der Waals surface area contributed by atoms with Crippen LogP contribution in [-0.2, 0) is 15.9 Å². The van der Waals surface area contributed by atoms with E-state index in [0.717, 1.165) is 46.0 Å². The first-order valence-electron chi connectivity index (χ1n) is 11.2. The van der Waals surface area contributed by atoms with Crippen molar-refractivity contribution in [1.29, 1.82) is 0 Å². The standard InChI is InChI=1S/C25H33ClN4O2S/c1-7-18-8-9-20(14-22(18)26)24-29-30(6)25(32-24)23(16(4)27)28-17(5)19-10-12-21(13-11-19)33(31)15(2)3/h10-15,25H,7-9,27H2,1-6H3/b23-16-,28-17+. The Balaban J connectivity index is 1.81. The van der Waals surface area contributed by atoms with E-state index < -0.39 is 17.4 Å². The Bertz CT molecular complexity index is 1040. The molecule has 1 aliphatic carbocycles. The van der Waals surface area contributed by atoms with E-state index in [4.69, 9.17) is 27.1 Å². The van der Waals surface area contributed by atoms with Crippen molar-refractivity contribution in [2.24, 2.45) is 15.8 Å². The molecule has 33 heavy (non-hydrogen) atoms. The second-order valence-electron chi connectivity index (χ2n) is 8.56. The van der Waals surface area contributed by atoms with Gasteiger partial charge in [-0.2, -0.15) is 0 Å². The van der Waals surface area contributed by atoms with Crippen LogP contribution in [0.25, 0.3) is 0 Å². The molecule has 0 radical (unpaired) electrons. The van der Waals surface area contributed by atoms with Crippen molar-refractivity contribution in [3.05, 3.63) is 63.5 Å². The largest absolute Gasteiger partial charge is 0.611 e. The number of aliphatic imine (C=N–C) groups is 1. The molecule has 0 aromatic heterocycles. The van der Waals surface area contributed by atoms with Crippen molar-refractivity contribution in [3.63, 3.8) is 0 Å². The first-order valence-corrected chi connectivity index (χ1v) is 12.8. The summed E-state index contributed by atoms with van der Waals surface area (Å²) in [6, 6.07) is 7.65. The lowest BCUT2D eigenvalue weighted by molar-refractivity contribution is 0.109. The Kier molecular flexibility index (Phi) is 8.32. The molecule has 2 N–H and O–H groups in total. The third-order valence-electron chi connectivity index (χ3n) is 5.71. The number of rotatable bonds is 7. The molecule has 178 valence electrons. The van der Waals surface area contributed by atoms with Crippen LogP contribution in [0.4, 0.5) is 0 Å². The van der Waals surface area contributed by atoms with Crippen LogP contribution in [0.1, 0.15) is 59.4 Å². The topological polar surface area (TPSA) is 86.3 Å². The van der Waals surface area contributed by atoms with Gasteiger partial charge in [0.2, 0.25) is 12.1 Å². The number of benzene rings is 1. The summed E-state index contributed by atoms with van der Waals surface area (Å²) in [7, 11) is 1.85. The van der Waals surface area contributed by atoms with Gasteiger partial charge in [0.15, 0.2) is 4.90 Å². The van der Waals surface area contributed by atoms with Crippen LogP contribution in [0.3, 0.4) is 0 Å². The van der Waals surface area contributed by atoms with Crippen LogP contribution in [0.2, 0.25) is 0 Å². The molecule has 6 nitrogen and oxygen atoms in total. The molecule has 2 unspecified atom stereocenters. The molecule has 1 heterocycles. The number of halogens is 1. The normalized spacial score (nSPS) is 21.1. The van der Waals surface area contributed by atoms with Crippen molar-refractivity contribution < 1.29 is 9.29 Å². The summed E-state index contributed by atoms with van der Waals surface area (Å²) in [5.41, 5.74) is 11.3. The molecule has 0 amide bonds. The number of ether oxygens (including phenoxy) is 1. The summed E-state index contributed by atoms with van der Waals surface area (Å²) in [4.78, 5) is 5.62. The molecule has 0 fully saturated rings. The number of nitrogens with two attached hydrogens (primary N) is 1. The molecule has 1 aromatic carbocycles. The fraction of sp³-hybridized carbons (Fsp3) is 0.440. The number of likely N-dealkylation sites (N-methyl/N-ethyl adjacent to an activating group) is 1. The second kappa shape index (κ2) is 10.8. The zero-order chi connectivity index (χ0) is 24.3. The maximum absolute atomic E-state index is 12.3. The van der Waals surface area contributed by atoms with Gasteiger partial charge in [0.25, 0.3) is 0 Å². The highest BCUT2D eigenvalue weighted by molar-refractivity contribution is 7.92. The van der Waals surface area contributed by atoms with Crippen molar-refractivity contribution in [1.82, 2.24) is 5.01 Å². The molecule has 0 saturated heterocycles. The molecule has 2 atom stereocenters. The van der Waals surface area contributed by atoms with Gasteiger partial charge in [-0.25, -0.2) is 4.99 Å². The summed E-state index contributed by atoms with van der Waals surface area (Å²) in [6.45, 7) is 9.74. The first kappa shape index (κ1) is 25.4. The number of allylic oxidation sites excluding steroid dienone is 4. The molecule has 1 aromatic rings. The van der Waals surface area contributed by atoms with E-state index in [-0.39, 0.29) is 5.25 Å². The van der Waals surface area contributed by atoms with Crippen molar-refractivity contribution in [2.45, 2.75) is 70.3 Å². The quantitative estimate of drug-likeness (QED) is 0.409. The maximum Gasteiger partial charge on any atom is 0.236 e. The Morgan fingerprint density at radius 1 is 1.30 bits per heavy atom. The number of hydrogen-bond acceptors (Lipinski definition) is 6. The number of hydrogen-bond donors (Lipinski definition) is 1. The Hall–Kier alpha value is -2.22. The summed E-state index contributed by atoms with van der Waals surface area (Å²) in [5.74, 6) is 0.558. The lowest BCUT2D eigenvalue weighted by Crippen LogP contribution is -2.28. The van der Waals surface area contributed by atoms with Crippen LogP contribution in [-0.4, -0.2) is 39.7 Å². The van der Waals surface area contributed by atoms with Gasteiger partial charge in [-0.15, -0.1) is 5.10 Å². The molecule has 2 aliphatic rings. The lowest BCUT2D eigenvalue weighted by atomic mass is 9.96. The highest BCUT2D eigenvalue weighted by Gasteiger charge is 2.32. The molecular weight excluding hydrogens is 456 g/mol. The highest BCUT2D eigenvalue weighted by atomic mass is 35.5. The van der Waals surface area contributed by atoms with Gasteiger partial charge in [0.1, 0.15) is 10.9 Å². The van der Waals surface area contributed by atoms with Gasteiger partial charge < -0.3 is 15.0 Å². The number of hydrazone groups is 1. The summed E-state index contributed by atoms with van der Waals surface area (Å²) < 4.78 is 18.5. The predicted octanol–water partition coefficient (Wildman–Crippen LogP) is 5.43. The van der Waals surface area contributed by atoms with Gasteiger partial charge in [0, 0.05) is 29.1 Å². The van der Waals surface area contributed by atoms with E-state index in [2.05, 4.69) is 12.0 Å². The van der Waals surface area contributed by atoms with Crippen LogP contribution in [0, 0.1) is 0 Å². The van der Waals surface area contributed by atoms with Crippen LogP contribution >= 0.6 is 11.6 Å². The second-order valence-corrected chi connectivity index (χ2v) is 11.0. The summed E-state index contributed by atoms with van der Waals surface area (Å²) in [6.07, 6.45) is 4.12. The average molecular weight is 489 g/mol. The van der Waals surface area contributed by atoms with Crippen LogP contribution in [0.15, 0.2) is 72.9 Å². The molecular formula is C25H33ClN4O2S. The molecule has 3 rings (SSSR count). The summed E-state index contributed by atoms with van der Waals surface area (Å²) >= 11 is 5.41. The number of nitrogens with zero attached hydrogens (tertiary/aromatic N) is 3. The zero-order valence-corrected chi connectivity index (χ0v) is 21.8. The van der Waals surface area contributed by atoms with Crippen molar-refractivity contribution in [2.75, 3.05) is 7.05 Å². The molecule has 0 saturated carbocycles. The maximum atomic E-state index is 12.3. The van der Waals surface area contributed by atoms with E-state index in [1.807, 2.05) is 65.1 Å². The minimum absolute atomic E-state index is 0.0718. The lowest BCUT2D eigenvalue weighted by Gasteiger charge is -2.21. The fourth-order valence-electron chi connectivity index (χ4n) is 3.71. The van der Waals surface area contributed by atoms with Gasteiger partial charge in [-0.3, -0.25) is 5.01 Å². The molecule has 1 aliphatic heterocycles. The van der Waals surface area contributed by atoms with Crippen LogP contribution in [0.5, 0.6) is 0 Å². The first-order chi connectivity index (χ1) is 15.6. The molecule has 0 spiro atoms. The van der Waals surface area contributed by atoms with E-state index in [1.165, 1.54) is 5.57 Å². The Morgan fingerprint density at radius 2 is 1.97 bits per heavy atom. The van der Waals surface area contributed by atoms with E-state index in [1.54, 1.807) is 5.01 Å². The molecule has 8 heteroatoms. The van der Waals surface area contributed by atoms with Crippen LogP contribution < -0.4 is 5.73 Å². The SMILES string of the molecule is CCC1=C(Cl)C=C(C2=NN(C)C(C(/N=C(\C)c3ccc([S+]([O-])C(C)C)cc3)=C(\C)N)O2)CC1. The van der Waals surface area contributed by atoms with Gasteiger partial charge in [-0.05, 0) is 94.0 Å². The highest BCUT2D eigenvalue weighted by Crippen LogP contribution is 2.32. The smallest absolute Gasteiger partial charge is 0.236 e. The van der Waals surface area contributed by atoms with Gasteiger partial charge >= 0.3 is 0 Å². The average Bonchev–Trinajstić information content (AvgIpc) is 3.17. The minimum Gasteiger partial charge on any atom is -0.611 e. The fourth-order valence-corrected chi connectivity index (χ4v) is 5.01. The van der Waals surface area contributed by atoms with Gasteiger partial charge in [-0.1, -0.05) is 24.1 Å². The van der Waals surface area contributed by atoms with E-state index >= 15 is 0 Å². The van der Waals surface area contributed by atoms with Gasteiger partial charge in [0.05, 0.1) is 0 Å². The molecule has 0 bridgehead atoms. The predicted molar refractivity (Wildman–Crippen MR) is 138 cm³/mol. The van der Waals surface area contributed by atoms with E-state index in [0.29, 0.717) is 17.3 Å². The minimum atomic E-state index is -1.02. The third kappa shape index (κ3) is 5.83. The zero-order valence-electron chi connectivity index (χ0n) is 20.2. The van der Waals surface area contributed by atoms with Crippen molar-refractivity contribution in [3.8, 4) is 0 Å².